The fourth-order valence-corrected chi connectivity index (χ4v) is 4.83. The Hall–Kier alpha value is -2.93. The zero-order valence-electron chi connectivity index (χ0n) is 17.6. The van der Waals surface area contributed by atoms with E-state index in [4.69, 9.17) is 0 Å². The molecule has 2 aliphatic heterocycles. The van der Waals surface area contributed by atoms with Crippen LogP contribution < -0.4 is 10.6 Å². The molecule has 2 N–H and O–H groups in total. The van der Waals surface area contributed by atoms with Crippen LogP contribution in [-0.2, 0) is 9.59 Å². The quantitative estimate of drug-likeness (QED) is 0.772. The molecule has 7 heteroatoms. The summed E-state index contributed by atoms with van der Waals surface area (Å²) in [7, 11) is 0. The summed E-state index contributed by atoms with van der Waals surface area (Å²) in [6.07, 6.45) is 3.19. The Morgan fingerprint density at radius 2 is 1.81 bits per heavy atom. The van der Waals surface area contributed by atoms with Crippen LogP contribution in [-0.4, -0.2) is 65.9 Å². The van der Waals surface area contributed by atoms with E-state index >= 15 is 0 Å². The summed E-state index contributed by atoms with van der Waals surface area (Å²) in [6, 6.07) is 13.7. The first-order valence-corrected chi connectivity index (χ1v) is 11.2. The van der Waals surface area contributed by atoms with Gasteiger partial charge in [0.15, 0.2) is 0 Å². The van der Waals surface area contributed by atoms with Crippen molar-refractivity contribution in [3.63, 3.8) is 0 Å². The van der Waals surface area contributed by atoms with Crippen molar-refractivity contribution in [2.45, 2.75) is 31.2 Å². The van der Waals surface area contributed by atoms with E-state index in [0.717, 1.165) is 43.2 Å². The summed E-state index contributed by atoms with van der Waals surface area (Å²) >= 11 is 0. The Morgan fingerprint density at radius 3 is 2.55 bits per heavy atom. The molecule has 3 amide bonds. The van der Waals surface area contributed by atoms with Crippen molar-refractivity contribution in [3.8, 4) is 0 Å². The summed E-state index contributed by atoms with van der Waals surface area (Å²) < 4.78 is 0. The summed E-state index contributed by atoms with van der Waals surface area (Å²) in [4.78, 5) is 41.8. The Balaban J connectivity index is 1.13. The lowest BCUT2D eigenvalue weighted by atomic mass is 9.85. The molecule has 0 unspecified atom stereocenters. The predicted molar refractivity (Wildman–Crippen MR) is 117 cm³/mol. The minimum atomic E-state index is -0.676. The van der Waals surface area contributed by atoms with Gasteiger partial charge in [0.05, 0.1) is 6.67 Å². The van der Waals surface area contributed by atoms with Gasteiger partial charge in [-0.3, -0.25) is 14.4 Å². The molecule has 0 radical (unpaired) electrons. The van der Waals surface area contributed by atoms with Gasteiger partial charge in [0.25, 0.3) is 5.91 Å². The van der Waals surface area contributed by atoms with Gasteiger partial charge in [-0.1, -0.05) is 30.3 Å². The second kappa shape index (κ2) is 7.96. The van der Waals surface area contributed by atoms with Crippen LogP contribution in [0.5, 0.6) is 0 Å². The maximum Gasteiger partial charge on any atom is 0.251 e. The van der Waals surface area contributed by atoms with Crippen molar-refractivity contribution in [1.29, 1.82) is 0 Å². The summed E-state index contributed by atoms with van der Waals surface area (Å²) in [5.74, 6) is 0.170. The van der Waals surface area contributed by atoms with Gasteiger partial charge in [0, 0.05) is 37.7 Å². The highest BCUT2D eigenvalue weighted by atomic mass is 16.2. The number of hydrogen-bond acceptors (Lipinski definition) is 4. The molecule has 2 saturated heterocycles. The van der Waals surface area contributed by atoms with Gasteiger partial charge in [-0.2, -0.15) is 0 Å². The molecular weight excluding hydrogens is 392 g/mol. The first kappa shape index (κ1) is 20.0. The molecule has 5 rings (SSSR count). The highest BCUT2D eigenvalue weighted by Crippen LogP contribution is 2.38. The third-order valence-electron chi connectivity index (χ3n) is 6.94. The number of fused-ring (bicyclic) bond motifs is 1. The number of likely N-dealkylation sites (tertiary alicyclic amines) is 1. The van der Waals surface area contributed by atoms with Crippen LogP contribution in [0.2, 0.25) is 0 Å². The summed E-state index contributed by atoms with van der Waals surface area (Å²) in [6.45, 7) is 3.11. The van der Waals surface area contributed by atoms with E-state index in [1.165, 1.54) is 0 Å². The first-order chi connectivity index (χ1) is 15.1. The maximum atomic E-state index is 12.6. The highest BCUT2D eigenvalue weighted by Gasteiger charge is 2.54. The fourth-order valence-electron chi connectivity index (χ4n) is 4.83. The first-order valence-electron chi connectivity index (χ1n) is 11.2. The van der Waals surface area contributed by atoms with Gasteiger partial charge >= 0.3 is 0 Å². The Bertz CT molecular complexity index is 1020. The number of nitrogens with one attached hydrogen (secondary N) is 2. The van der Waals surface area contributed by atoms with E-state index in [1.807, 2.05) is 42.5 Å². The lowest BCUT2D eigenvalue weighted by molar-refractivity contribution is -0.144. The largest absolute Gasteiger partial charge is 0.351 e. The lowest BCUT2D eigenvalue weighted by Gasteiger charge is -2.42. The third-order valence-corrected chi connectivity index (χ3v) is 6.94. The summed E-state index contributed by atoms with van der Waals surface area (Å²) in [5, 5.41) is 8.06. The Kier molecular flexibility index (Phi) is 5.14. The minimum Gasteiger partial charge on any atom is -0.351 e. The number of nitrogens with zero attached hydrogens (tertiary/aromatic N) is 2. The van der Waals surface area contributed by atoms with Crippen LogP contribution in [0, 0.1) is 5.92 Å². The van der Waals surface area contributed by atoms with Gasteiger partial charge in [0.2, 0.25) is 11.8 Å². The van der Waals surface area contributed by atoms with E-state index in [9.17, 15) is 14.4 Å². The van der Waals surface area contributed by atoms with Crippen molar-refractivity contribution < 1.29 is 14.4 Å². The highest BCUT2D eigenvalue weighted by molar-refractivity contribution is 5.98. The van der Waals surface area contributed by atoms with E-state index in [-0.39, 0.29) is 23.6 Å². The normalized spacial score (nSPS) is 20.8. The monoisotopic (exact) mass is 420 g/mol. The molecule has 0 atom stereocenters. The third kappa shape index (κ3) is 3.78. The SMILES string of the molecule is O=C(NCCN1CCC2(CC1)C(=O)NCN2C(=O)C1CC1)c1ccc2ccccc2c1. The molecule has 1 spiro atoms. The lowest BCUT2D eigenvalue weighted by Crippen LogP contribution is -2.58. The van der Waals surface area contributed by atoms with Crippen molar-refractivity contribution in [1.82, 2.24) is 20.4 Å². The molecule has 1 saturated carbocycles. The zero-order valence-corrected chi connectivity index (χ0v) is 17.6. The summed E-state index contributed by atoms with van der Waals surface area (Å²) in [5.41, 5.74) is -0.0157. The molecule has 2 heterocycles. The molecule has 2 aromatic rings. The van der Waals surface area contributed by atoms with Gasteiger partial charge in [0.1, 0.15) is 5.54 Å². The maximum absolute atomic E-state index is 12.6. The van der Waals surface area contributed by atoms with E-state index < -0.39 is 5.54 Å². The number of hydrogen-bond donors (Lipinski definition) is 2. The second-order valence-electron chi connectivity index (χ2n) is 8.90. The fraction of sp³-hybridized carbons (Fsp3) is 0.458. The Labute approximate surface area is 181 Å². The van der Waals surface area contributed by atoms with Gasteiger partial charge in [-0.25, -0.2) is 0 Å². The molecule has 0 aromatic heterocycles. The van der Waals surface area contributed by atoms with Crippen LogP contribution in [0.4, 0.5) is 0 Å². The molecular formula is C24H28N4O3. The van der Waals surface area contributed by atoms with E-state index in [1.54, 1.807) is 4.90 Å². The predicted octanol–water partition coefficient (Wildman–Crippen LogP) is 1.73. The van der Waals surface area contributed by atoms with E-state index in [2.05, 4.69) is 15.5 Å². The van der Waals surface area contributed by atoms with Crippen LogP contribution in [0.1, 0.15) is 36.0 Å². The van der Waals surface area contributed by atoms with Gasteiger partial charge in [-0.05, 0) is 48.6 Å². The molecule has 3 aliphatic rings. The minimum absolute atomic E-state index is 0.00856. The van der Waals surface area contributed by atoms with Crippen LogP contribution in [0.3, 0.4) is 0 Å². The average molecular weight is 421 g/mol. The molecule has 31 heavy (non-hydrogen) atoms. The molecule has 2 aromatic carbocycles. The number of piperidine rings is 1. The number of rotatable bonds is 5. The smallest absolute Gasteiger partial charge is 0.251 e. The zero-order chi connectivity index (χ0) is 21.4. The van der Waals surface area contributed by atoms with Crippen molar-refractivity contribution in [2.24, 2.45) is 5.92 Å². The van der Waals surface area contributed by atoms with Crippen molar-refractivity contribution >= 4 is 28.5 Å². The molecule has 162 valence electrons. The number of benzene rings is 2. The van der Waals surface area contributed by atoms with Gasteiger partial charge in [-0.15, -0.1) is 0 Å². The standard InChI is InChI=1S/C24H28N4O3/c29-21(20-8-5-17-3-1-2-4-19(17)15-20)25-11-14-27-12-9-24(10-13-27)23(31)26-16-28(24)22(30)18-6-7-18/h1-5,8,15,18H,6-7,9-14,16H2,(H,25,29)(H,26,31). The van der Waals surface area contributed by atoms with Crippen molar-refractivity contribution in [3.05, 3.63) is 48.0 Å². The van der Waals surface area contributed by atoms with Crippen LogP contribution in [0.15, 0.2) is 42.5 Å². The number of carbonyl (C=O) groups excluding carboxylic acids is 3. The second-order valence-corrected chi connectivity index (χ2v) is 8.90. The van der Waals surface area contributed by atoms with E-state index in [0.29, 0.717) is 31.6 Å². The Morgan fingerprint density at radius 1 is 1.06 bits per heavy atom. The molecule has 7 nitrogen and oxygen atoms in total. The van der Waals surface area contributed by atoms with Gasteiger partial charge < -0.3 is 20.4 Å². The van der Waals surface area contributed by atoms with Crippen LogP contribution >= 0.6 is 0 Å². The average Bonchev–Trinajstić information content (AvgIpc) is 3.60. The molecule has 0 bridgehead atoms. The number of amides is 3. The number of carbonyl (C=O) groups is 3. The molecule has 3 fully saturated rings. The topological polar surface area (TPSA) is 81.8 Å². The molecule has 1 aliphatic carbocycles. The van der Waals surface area contributed by atoms with Crippen LogP contribution in [0.25, 0.3) is 10.8 Å². The van der Waals surface area contributed by atoms with Crippen molar-refractivity contribution in [2.75, 3.05) is 32.8 Å².